The van der Waals surface area contributed by atoms with Crippen LogP contribution in [0.25, 0.3) is 11.8 Å². The number of aryl methyl sites for hydroxylation is 1. The van der Waals surface area contributed by atoms with E-state index in [-0.39, 0.29) is 5.91 Å². The Morgan fingerprint density at radius 1 is 1.13 bits per heavy atom. The third-order valence-corrected chi connectivity index (χ3v) is 5.24. The zero-order valence-electron chi connectivity index (χ0n) is 16.7. The number of ether oxygens (including phenoxy) is 1. The van der Waals surface area contributed by atoms with Crippen molar-refractivity contribution >= 4 is 35.6 Å². The summed E-state index contributed by atoms with van der Waals surface area (Å²) >= 11 is 0. The molecule has 0 aliphatic carbocycles. The van der Waals surface area contributed by atoms with Crippen LogP contribution in [0.15, 0.2) is 67.0 Å². The highest BCUT2D eigenvalue weighted by molar-refractivity contribution is 6.12. The smallest absolute Gasteiger partial charge is 0.298 e. The molecule has 30 heavy (non-hydrogen) atoms. The Bertz CT molecular complexity index is 1170. The lowest BCUT2D eigenvalue weighted by Gasteiger charge is -2.20. The van der Waals surface area contributed by atoms with Crippen molar-refractivity contribution in [1.82, 2.24) is 4.98 Å². The van der Waals surface area contributed by atoms with Crippen molar-refractivity contribution in [2.75, 3.05) is 4.90 Å². The summed E-state index contributed by atoms with van der Waals surface area (Å²) in [5, 5.41) is 0. The van der Waals surface area contributed by atoms with Gasteiger partial charge in [0.15, 0.2) is 0 Å². The lowest BCUT2D eigenvalue weighted by molar-refractivity contribution is -0.123. The van der Waals surface area contributed by atoms with Crippen LogP contribution in [0.3, 0.4) is 0 Å². The number of nitrogens with two attached hydrogens (primary N) is 1. The number of benzene rings is 2. The minimum absolute atomic E-state index is 0.227. The number of aromatic nitrogens is 1. The summed E-state index contributed by atoms with van der Waals surface area (Å²) in [4.78, 5) is 30.0. The normalized spacial score (nSPS) is 18.3. The number of carbonyl (C=O) groups excluding carboxylic acids is 2. The van der Waals surface area contributed by atoms with Crippen molar-refractivity contribution in [2.45, 2.75) is 19.4 Å². The van der Waals surface area contributed by atoms with Gasteiger partial charge in [0.25, 0.3) is 12.4 Å². The molecule has 0 radical (unpaired) electrons. The molecule has 6 heteroatoms. The maximum atomic E-state index is 13.1. The molecule has 4 rings (SSSR count). The van der Waals surface area contributed by atoms with Gasteiger partial charge in [-0.15, -0.1) is 0 Å². The van der Waals surface area contributed by atoms with Gasteiger partial charge in [0.05, 0.1) is 17.6 Å². The van der Waals surface area contributed by atoms with Gasteiger partial charge in [-0.05, 0) is 43.2 Å². The molecular formula is C24H21N3O3. The molecule has 1 aromatic heterocycles. The van der Waals surface area contributed by atoms with Gasteiger partial charge in [0.1, 0.15) is 11.3 Å². The molecule has 0 saturated carbocycles. The Kier molecular flexibility index (Phi) is 4.93. The number of rotatable bonds is 5. The fourth-order valence-corrected chi connectivity index (χ4v) is 3.70. The summed E-state index contributed by atoms with van der Waals surface area (Å²) in [7, 11) is 0. The molecule has 150 valence electrons. The first-order valence-corrected chi connectivity index (χ1v) is 9.49. The largest absolute Gasteiger partial charge is 0.428 e. The topological polar surface area (TPSA) is 85.5 Å². The maximum Gasteiger partial charge on any atom is 0.298 e. The van der Waals surface area contributed by atoms with E-state index in [9.17, 15) is 9.59 Å². The van der Waals surface area contributed by atoms with Gasteiger partial charge in [-0.1, -0.05) is 42.5 Å². The third kappa shape index (κ3) is 3.27. The number of anilines is 2. The number of amides is 1. The van der Waals surface area contributed by atoms with E-state index < -0.39 is 5.54 Å². The van der Waals surface area contributed by atoms with Crippen molar-refractivity contribution in [2.24, 2.45) is 5.73 Å². The number of hydrogen-bond donors (Lipinski definition) is 1. The van der Waals surface area contributed by atoms with Crippen LogP contribution < -0.4 is 10.6 Å². The Morgan fingerprint density at radius 3 is 2.63 bits per heavy atom. The van der Waals surface area contributed by atoms with Gasteiger partial charge in [0, 0.05) is 17.3 Å². The van der Waals surface area contributed by atoms with E-state index in [2.05, 4.69) is 4.98 Å². The summed E-state index contributed by atoms with van der Waals surface area (Å²) in [6.07, 6.45) is 4.98. The van der Waals surface area contributed by atoms with Gasteiger partial charge in [-0.25, -0.2) is 0 Å². The van der Waals surface area contributed by atoms with Gasteiger partial charge in [-0.3, -0.25) is 19.5 Å². The van der Waals surface area contributed by atoms with E-state index >= 15 is 0 Å². The van der Waals surface area contributed by atoms with E-state index in [1.807, 2.05) is 61.5 Å². The predicted molar refractivity (Wildman–Crippen MR) is 116 cm³/mol. The lowest BCUT2D eigenvalue weighted by Crippen LogP contribution is -2.43. The maximum absolute atomic E-state index is 13.1. The van der Waals surface area contributed by atoms with Crippen LogP contribution in [-0.4, -0.2) is 17.4 Å². The summed E-state index contributed by atoms with van der Waals surface area (Å²) in [5.41, 5.74) is 9.75. The van der Waals surface area contributed by atoms with Gasteiger partial charge < -0.3 is 10.5 Å². The fraction of sp³-hybridized carbons (Fsp3) is 0.125. The Balaban J connectivity index is 1.78. The molecule has 2 aromatic carbocycles. The summed E-state index contributed by atoms with van der Waals surface area (Å²) < 4.78 is 5.24. The Labute approximate surface area is 174 Å². The highest BCUT2D eigenvalue weighted by Gasteiger charge is 2.45. The van der Waals surface area contributed by atoms with E-state index in [1.54, 1.807) is 30.3 Å². The first kappa shape index (κ1) is 19.5. The number of carbonyl (C=O) groups is 2. The number of pyridine rings is 1. The molecule has 1 aliphatic heterocycles. The molecule has 2 N–H and O–H groups in total. The van der Waals surface area contributed by atoms with Crippen molar-refractivity contribution in [3.63, 3.8) is 0 Å². The second kappa shape index (κ2) is 7.57. The van der Waals surface area contributed by atoms with Crippen LogP contribution in [0.2, 0.25) is 0 Å². The van der Waals surface area contributed by atoms with E-state index in [0.29, 0.717) is 23.5 Å². The molecule has 0 spiro atoms. The minimum Gasteiger partial charge on any atom is -0.428 e. The Morgan fingerprint density at radius 2 is 1.87 bits per heavy atom. The molecule has 1 atom stereocenters. The number of hydrogen-bond acceptors (Lipinski definition) is 5. The lowest BCUT2D eigenvalue weighted by atomic mass is 9.95. The highest BCUT2D eigenvalue weighted by atomic mass is 16.5. The molecule has 1 aliphatic rings. The summed E-state index contributed by atoms with van der Waals surface area (Å²) in [6, 6.07) is 16.9. The van der Waals surface area contributed by atoms with Crippen LogP contribution in [0.1, 0.15) is 29.2 Å². The number of para-hydroxylation sites is 1. The standard InChI is InChI=1S/C24H21N3O3/c1-16-7-3-4-8-19(16)22(30-15-28)12-17-11-18(14-26-13-17)27-21-10-6-5-9-20(21)24(2,25)23(27)29/h3-15H,25H2,1-2H3/b22-12-. The Hall–Kier alpha value is -3.77. The molecule has 2 heterocycles. The summed E-state index contributed by atoms with van der Waals surface area (Å²) in [5.74, 6) is 0.175. The van der Waals surface area contributed by atoms with Crippen LogP contribution in [0.5, 0.6) is 0 Å². The zero-order chi connectivity index (χ0) is 21.3. The van der Waals surface area contributed by atoms with Gasteiger partial charge in [0.2, 0.25) is 0 Å². The minimum atomic E-state index is -1.12. The number of nitrogens with zero attached hydrogens (tertiary/aromatic N) is 2. The molecule has 0 fully saturated rings. The van der Waals surface area contributed by atoms with Crippen LogP contribution in [0, 0.1) is 6.92 Å². The van der Waals surface area contributed by atoms with Gasteiger partial charge in [-0.2, -0.15) is 0 Å². The highest BCUT2D eigenvalue weighted by Crippen LogP contribution is 2.42. The summed E-state index contributed by atoms with van der Waals surface area (Å²) in [6.45, 7) is 4.04. The van der Waals surface area contributed by atoms with Crippen LogP contribution in [0.4, 0.5) is 11.4 Å². The zero-order valence-corrected chi connectivity index (χ0v) is 16.7. The van der Waals surface area contributed by atoms with Gasteiger partial charge >= 0.3 is 0 Å². The second-order valence-corrected chi connectivity index (χ2v) is 7.37. The quantitative estimate of drug-likeness (QED) is 0.519. The first-order chi connectivity index (χ1) is 14.4. The fourth-order valence-electron chi connectivity index (χ4n) is 3.70. The molecule has 3 aromatic rings. The van der Waals surface area contributed by atoms with Crippen molar-refractivity contribution in [1.29, 1.82) is 0 Å². The van der Waals surface area contributed by atoms with Crippen molar-refractivity contribution in [3.8, 4) is 0 Å². The predicted octanol–water partition coefficient (Wildman–Crippen LogP) is 3.91. The average Bonchev–Trinajstić information content (AvgIpc) is 2.94. The average molecular weight is 399 g/mol. The van der Waals surface area contributed by atoms with Crippen molar-refractivity contribution < 1.29 is 14.3 Å². The molecular weight excluding hydrogens is 378 g/mol. The SMILES string of the molecule is Cc1ccccc1/C(=C/c1cncc(N2C(=O)C(C)(N)c3ccccc32)c1)OC=O. The first-order valence-electron chi connectivity index (χ1n) is 9.49. The molecule has 0 bridgehead atoms. The molecule has 0 saturated heterocycles. The van der Waals surface area contributed by atoms with E-state index in [0.717, 1.165) is 22.4 Å². The van der Waals surface area contributed by atoms with Crippen LogP contribution in [-0.2, 0) is 19.9 Å². The van der Waals surface area contributed by atoms with E-state index in [4.69, 9.17) is 10.5 Å². The number of fused-ring (bicyclic) bond motifs is 1. The van der Waals surface area contributed by atoms with E-state index in [1.165, 1.54) is 0 Å². The molecule has 1 amide bonds. The monoisotopic (exact) mass is 399 g/mol. The van der Waals surface area contributed by atoms with Crippen molar-refractivity contribution in [3.05, 3.63) is 89.2 Å². The second-order valence-electron chi connectivity index (χ2n) is 7.37. The molecule has 1 unspecified atom stereocenters. The molecule has 6 nitrogen and oxygen atoms in total. The third-order valence-electron chi connectivity index (χ3n) is 5.24. The van der Waals surface area contributed by atoms with Crippen LogP contribution >= 0.6 is 0 Å².